The molecule has 7 heteroatoms. The topological polar surface area (TPSA) is 84.1 Å². The molecule has 7 nitrogen and oxygen atoms in total. The third kappa shape index (κ3) is 4.47. The number of hydrogen-bond acceptors (Lipinski definition) is 6. The predicted molar refractivity (Wildman–Crippen MR) is 130 cm³/mol. The normalized spacial score (nSPS) is 15.3. The van der Waals surface area contributed by atoms with Gasteiger partial charge in [0.25, 0.3) is 0 Å². The monoisotopic (exact) mass is 453 g/mol. The smallest absolute Gasteiger partial charge is 0.189 e. The Labute approximate surface area is 198 Å². The van der Waals surface area contributed by atoms with Gasteiger partial charge in [-0.25, -0.2) is 4.98 Å². The van der Waals surface area contributed by atoms with Crippen LogP contribution in [0.4, 0.5) is 5.82 Å². The zero-order valence-corrected chi connectivity index (χ0v) is 19.1. The third-order valence-corrected chi connectivity index (χ3v) is 6.43. The van der Waals surface area contributed by atoms with Crippen molar-refractivity contribution in [2.24, 2.45) is 0 Å². The predicted octanol–water partition coefficient (Wildman–Crippen LogP) is 3.88. The molecular formula is C27H27N5O2. The lowest BCUT2D eigenvalue weighted by Gasteiger charge is -2.39. The standard InChI is InChI=1S/C27H27N5O2/c1-20-26(30-32(29-20)23-10-6-3-7-11-23)24(33)18-21-12-13-25(28-19-21)31-16-14-27(34,15-17-31)22-8-4-2-5-9-22/h2-13,19,34H,14-18H2,1H3. The number of piperidine rings is 1. The molecule has 172 valence electrons. The molecule has 34 heavy (non-hydrogen) atoms. The van der Waals surface area contributed by atoms with Gasteiger partial charge in [-0.1, -0.05) is 54.6 Å². The van der Waals surface area contributed by atoms with Crippen molar-refractivity contribution in [1.82, 2.24) is 20.0 Å². The average molecular weight is 454 g/mol. The van der Waals surface area contributed by atoms with Gasteiger partial charge >= 0.3 is 0 Å². The molecule has 4 aromatic rings. The number of carbonyl (C=O) groups excluding carboxylic acids is 1. The summed E-state index contributed by atoms with van der Waals surface area (Å²) in [5, 5.41) is 19.9. The minimum absolute atomic E-state index is 0.0832. The molecule has 0 unspecified atom stereocenters. The molecule has 0 saturated carbocycles. The van der Waals surface area contributed by atoms with Gasteiger partial charge in [0.1, 0.15) is 5.82 Å². The van der Waals surface area contributed by atoms with Gasteiger partial charge in [-0.05, 0) is 49.1 Å². The lowest BCUT2D eigenvalue weighted by atomic mass is 9.84. The number of aliphatic hydroxyl groups is 1. The van der Waals surface area contributed by atoms with Crippen LogP contribution in [0, 0.1) is 6.92 Å². The number of carbonyl (C=O) groups is 1. The molecule has 0 bridgehead atoms. The average Bonchev–Trinajstić information content (AvgIpc) is 3.28. The minimum Gasteiger partial charge on any atom is -0.385 e. The van der Waals surface area contributed by atoms with Gasteiger partial charge in [0, 0.05) is 25.7 Å². The highest BCUT2D eigenvalue weighted by atomic mass is 16.3. The van der Waals surface area contributed by atoms with E-state index in [4.69, 9.17) is 0 Å². The second kappa shape index (κ2) is 9.19. The first kappa shape index (κ1) is 22.0. The molecule has 3 heterocycles. The molecule has 0 atom stereocenters. The lowest BCUT2D eigenvalue weighted by Crippen LogP contribution is -2.42. The van der Waals surface area contributed by atoms with Crippen LogP contribution in [0.1, 0.15) is 40.2 Å². The summed E-state index contributed by atoms with van der Waals surface area (Å²) in [6.45, 7) is 3.24. The van der Waals surface area contributed by atoms with E-state index in [1.54, 1.807) is 13.1 Å². The number of aromatic nitrogens is 4. The Hall–Kier alpha value is -3.84. The van der Waals surface area contributed by atoms with Gasteiger partial charge in [-0.15, -0.1) is 5.10 Å². The molecule has 0 amide bonds. The highest BCUT2D eigenvalue weighted by Crippen LogP contribution is 2.33. The number of hydrogen-bond donors (Lipinski definition) is 1. The van der Waals surface area contributed by atoms with Crippen LogP contribution in [-0.4, -0.2) is 44.0 Å². The van der Waals surface area contributed by atoms with Crippen molar-refractivity contribution in [3.63, 3.8) is 0 Å². The van der Waals surface area contributed by atoms with Crippen molar-refractivity contribution in [1.29, 1.82) is 0 Å². The second-order valence-corrected chi connectivity index (χ2v) is 8.77. The first-order valence-corrected chi connectivity index (χ1v) is 11.5. The number of pyridine rings is 1. The van der Waals surface area contributed by atoms with Gasteiger partial charge in [-0.3, -0.25) is 4.79 Å². The van der Waals surface area contributed by atoms with Gasteiger partial charge in [0.15, 0.2) is 11.5 Å². The van der Waals surface area contributed by atoms with E-state index in [9.17, 15) is 9.90 Å². The fourth-order valence-corrected chi connectivity index (χ4v) is 4.43. The maximum absolute atomic E-state index is 12.9. The molecule has 2 aromatic heterocycles. The minimum atomic E-state index is -0.792. The van der Waals surface area contributed by atoms with Crippen LogP contribution >= 0.6 is 0 Å². The van der Waals surface area contributed by atoms with Crippen molar-refractivity contribution >= 4 is 11.6 Å². The Kier molecular flexibility index (Phi) is 5.94. The van der Waals surface area contributed by atoms with E-state index in [1.807, 2.05) is 72.8 Å². The fourth-order valence-electron chi connectivity index (χ4n) is 4.43. The van der Waals surface area contributed by atoms with Crippen molar-refractivity contribution in [3.8, 4) is 5.69 Å². The molecular weight excluding hydrogens is 426 g/mol. The molecule has 5 rings (SSSR count). The third-order valence-electron chi connectivity index (χ3n) is 6.43. The zero-order valence-electron chi connectivity index (χ0n) is 19.1. The van der Waals surface area contributed by atoms with E-state index in [1.165, 1.54) is 4.80 Å². The highest BCUT2D eigenvalue weighted by molar-refractivity contribution is 5.96. The SMILES string of the molecule is Cc1nn(-c2ccccc2)nc1C(=O)Cc1ccc(N2CCC(O)(c3ccccc3)CC2)nc1. The molecule has 0 aliphatic carbocycles. The number of aryl methyl sites for hydroxylation is 1. The van der Waals surface area contributed by atoms with Crippen molar-refractivity contribution < 1.29 is 9.90 Å². The number of para-hydroxylation sites is 1. The van der Waals surface area contributed by atoms with Crippen molar-refractivity contribution in [2.45, 2.75) is 31.8 Å². The molecule has 1 aliphatic rings. The van der Waals surface area contributed by atoms with Gasteiger partial charge in [0.2, 0.25) is 0 Å². The Bertz CT molecular complexity index is 1260. The first-order chi connectivity index (χ1) is 16.5. The maximum Gasteiger partial charge on any atom is 0.189 e. The zero-order chi connectivity index (χ0) is 23.5. The van der Waals surface area contributed by atoms with Crippen LogP contribution in [-0.2, 0) is 12.0 Å². The first-order valence-electron chi connectivity index (χ1n) is 11.5. The summed E-state index contributed by atoms with van der Waals surface area (Å²) in [6.07, 6.45) is 3.27. The Morgan fingerprint density at radius 2 is 1.62 bits per heavy atom. The summed E-state index contributed by atoms with van der Waals surface area (Å²) < 4.78 is 0. The second-order valence-electron chi connectivity index (χ2n) is 8.77. The van der Waals surface area contributed by atoms with E-state index in [2.05, 4.69) is 20.1 Å². The number of benzene rings is 2. The Morgan fingerprint density at radius 1 is 0.941 bits per heavy atom. The molecule has 1 fully saturated rings. The highest BCUT2D eigenvalue weighted by Gasteiger charge is 2.34. The van der Waals surface area contributed by atoms with Crippen LogP contribution in [0.15, 0.2) is 79.0 Å². The van der Waals surface area contributed by atoms with Gasteiger partial charge < -0.3 is 10.0 Å². The van der Waals surface area contributed by atoms with E-state index in [0.29, 0.717) is 24.2 Å². The van der Waals surface area contributed by atoms with Crippen molar-refractivity contribution in [3.05, 3.63) is 102 Å². The van der Waals surface area contributed by atoms with E-state index in [-0.39, 0.29) is 12.2 Å². The van der Waals surface area contributed by atoms with Gasteiger partial charge in [0.05, 0.1) is 17.0 Å². The number of Topliss-reactive ketones (excluding diaryl/α,β-unsaturated/α-hetero) is 1. The molecule has 1 aliphatic heterocycles. The Morgan fingerprint density at radius 3 is 2.26 bits per heavy atom. The summed E-state index contributed by atoms with van der Waals surface area (Å²) in [5.74, 6) is 0.776. The maximum atomic E-state index is 12.9. The van der Waals surface area contributed by atoms with Gasteiger partial charge in [-0.2, -0.15) is 9.90 Å². The quantitative estimate of drug-likeness (QED) is 0.446. The molecule has 1 N–H and O–H groups in total. The fraction of sp³-hybridized carbons (Fsp3) is 0.259. The largest absolute Gasteiger partial charge is 0.385 e. The van der Waals surface area contributed by atoms with Crippen molar-refractivity contribution in [2.75, 3.05) is 18.0 Å². The van der Waals surface area contributed by atoms with E-state index >= 15 is 0 Å². The number of rotatable bonds is 6. The molecule has 0 spiro atoms. The molecule has 2 aromatic carbocycles. The lowest BCUT2D eigenvalue weighted by molar-refractivity contribution is 0.0116. The molecule has 0 radical (unpaired) electrons. The van der Waals surface area contributed by atoms with Crippen LogP contribution in [0.2, 0.25) is 0 Å². The van der Waals surface area contributed by atoms with Crippen LogP contribution in [0.5, 0.6) is 0 Å². The number of nitrogens with zero attached hydrogens (tertiary/aromatic N) is 5. The van der Waals surface area contributed by atoms with Crippen LogP contribution in [0.25, 0.3) is 5.69 Å². The Balaban J connectivity index is 1.22. The van der Waals surface area contributed by atoms with Crippen LogP contribution < -0.4 is 4.90 Å². The number of anilines is 1. The summed E-state index contributed by atoms with van der Waals surface area (Å²) in [4.78, 5) is 21.2. The summed E-state index contributed by atoms with van der Waals surface area (Å²) >= 11 is 0. The van der Waals surface area contributed by atoms with E-state index < -0.39 is 5.60 Å². The summed E-state index contributed by atoms with van der Waals surface area (Å²) in [7, 11) is 0. The van der Waals surface area contributed by atoms with Crippen LogP contribution in [0.3, 0.4) is 0 Å². The van der Waals surface area contributed by atoms with E-state index in [0.717, 1.165) is 35.7 Å². The number of ketones is 1. The summed E-state index contributed by atoms with van der Waals surface area (Å²) in [5.41, 5.74) is 2.81. The molecule has 1 saturated heterocycles. The summed E-state index contributed by atoms with van der Waals surface area (Å²) in [6, 6.07) is 23.3.